The third-order valence-electron chi connectivity index (χ3n) is 5.91. The molecule has 4 rings (SSSR count). The maximum absolute atomic E-state index is 5.96. The molecule has 114 valence electrons. The standard InChI is InChI=1S/C17H24N2O2/c1-11-14-5-4-13-10-17(20-8-9-21-17)7-6-16(13,3)15(14)19-12(2)18-11/h13H,4-10H2,1-3H3. The number of fused-ring (bicyclic) bond motifs is 3. The summed E-state index contributed by atoms with van der Waals surface area (Å²) in [6, 6.07) is 0. The van der Waals surface area contributed by atoms with Gasteiger partial charge in [-0.3, -0.25) is 0 Å². The van der Waals surface area contributed by atoms with E-state index in [0.717, 1.165) is 44.7 Å². The molecule has 2 heterocycles. The lowest BCUT2D eigenvalue weighted by molar-refractivity contribution is -0.199. The Balaban J connectivity index is 1.74. The smallest absolute Gasteiger partial charge is 0.168 e. The summed E-state index contributed by atoms with van der Waals surface area (Å²) >= 11 is 0. The second-order valence-electron chi connectivity index (χ2n) is 7.15. The lowest BCUT2D eigenvalue weighted by atomic mass is 9.58. The first-order chi connectivity index (χ1) is 10.0. The molecule has 1 spiro atoms. The number of hydrogen-bond acceptors (Lipinski definition) is 4. The molecule has 1 aromatic rings. The normalized spacial score (nSPS) is 33.8. The zero-order chi connectivity index (χ0) is 14.7. The maximum Gasteiger partial charge on any atom is 0.168 e. The van der Waals surface area contributed by atoms with Crippen LogP contribution in [0.2, 0.25) is 0 Å². The molecule has 0 amide bonds. The largest absolute Gasteiger partial charge is 0.348 e. The Hall–Kier alpha value is -1.00. The fraction of sp³-hybridized carbons (Fsp3) is 0.765. The van der Waals surface area contributed by atoms with Crippen molar-refractivity contribution in [2.24, 2.45) is 5.92 Å². The minimum atomic E-state index is -0.293. The van der Waals surface area contributed by atoms with E-state index in [1.807, 2.05) is 6.92 Å². The van der Waals surface area contributed by atoms with Crippen LogP contribution >= 0.6 is 0 Å². The van der Waals surface area contributed by atoms with Gasteiger partial charge in [0.1, 0.15) is 5.82 Å². The highest BCUT2D eigenvalue weighted by molar-refractivity contribution is 5.35. The molecule has 21 heavy (non-hydrogen) atoms. The van der Waals surface area contributed by atoms with Gasteiger partial charge in [0, 0.05) is 24.0 Å². The van der Waals surface area contributed by atoms with Crippen molar-refractivity contribution >= 4 is 0 Å². The zero-order valence-electron chi connectivity index (χ0n) is 13.2. The predicted molar refractivity (Wildman–Crippen MR) is 79.2 cm³/mol. The molecule has 4 heteroatoms. The highest BCUT2D eigenvalue weighted by Gasteiger charge is 2.53. The van der Waals surface area contributed by atoms with E-state index in [0.29, 0.717) is 5.92 Å². The third kappa shape index (κ3) is 1.95. The molecular formula is C17H24N2O2. The Morgan fingerprint density at radius 1 is 1.10 bits per heavy atom. The Labute approximate surface area is 126 Å². The average molecular weight is 288 g/mol. The van der Waals surface area contributed by atoms with Crippen LogP contribution in [0.1, 0.15) is 55.4 Å². The first kappa shape index (κ1) is 13.6. The summed E-state index contributed by atoms with van der Waals surface area (Å²) in [5.41, 5.74) is 4.03. The van der Waals surface area contributed by atoms with Gasteiger partial charge in [-0.1, -0.05) is 6.92 Å². The van der Waals surface area contributed by atoms with E-state index >= 15 is 0 Å². The quantitative estimate of drug-likeness (QED) is 0.736. The Bertz CT molecular complexity index is 580. The topological polar surface area (TPSA) is 44.2 Å². The first-order valence-electron chi connectivity index (χ1n) is 8.15. The maximum atomic E-state index is 5.96. The zero-order valence-corrected chi connectivity index (χ0v) is 13.2. The van der Waals surface area contributed by atoms with Crippen LogP contribution in [0, 0.1) is 19.8 Å². The molecule has 0 N–H and O–H groups in total. The van der Waals surface area contributed by atoms with Gasteiger partial charge in [-0.25, -0.2) is 9.97 Å². The summed E-state index contributed by atoms with van der Waals surface area (Å²) < 4.78 is 11.9. The molecule has 1 aromatic heterocycles. The van der Waals surface area contributed by atoms with E-state index < -0.39 is 0 Å². The monoisotopic (exact) mass is 288 g/mol. The number of rotatable bonds is 0. The van der Waals surface area contributed by atoms with Crippen LogP contribution in [0.3, 0.4) is 0 Å². The van der Waals surface area contributed by atoms with Crippen LogP contribution in [-0.4, -0.2) is 29.0 Å². The highest BCUT2D eigenvalue weighted by Crippen LogP contribution is 2.53. The molecule has 1 saturated carbocycles. The van der Waals surface area contributed by atoms with Crippen LogP contribution in [0.4, 0.5) is 0 Å². The van der Waals surface area contributed by atoms with Gasteiger partial charge in [0.05, 0.1) is 18.9 Å². The molecule has 2 fully saturated rings. The molecular weight excluding hydrogens is 264 g/mol. The minimum absolute atomic E-state index is 0.159. The Morgan fingerprint density at radius 2 is 1.86 bits per heavy atom. The number of aromatic nitrogens is 2. The van der Waals surface area contributed by atoms with Crippen LogP contribution in [0.25, 0.3) is 0 Å². The summed E-state index contributed by atoms with van der Waals surface area (Å²) in [4.78, 5) is 9.42. The number of hydrogen-bond donors (Lipinski definition) is 0. The molecule has 2 aliphatic carbocycles. The molecule has 0 radical (unpaired) electrons. The van der Waals surface area contributed by atoms with Crippen molar-refractivity contribution in [1.29, 1.82) is 0 Å². The molecule has 0 bridgehead atoms. The van der Waals surface area contributed by atoms with Crippen molar-refractivity contribution in [3.8, 4) is 0 Å². The Morgan fingerprint density at radius 3 is 2.62 bits per heavy atom. The van der Waals surface area contributed by atoms with E-state index in [2.05, 4.69) is 18.8 Å². The fourth-order valence-electron chi connectivity index (χ4n) is 4.67. The molecule has 2 atom stereocenters. The summed E-state index contributed by atoms with van der Waals surface area (Å²) in [7, 11) is 0. The van der Waals surface area contributed by atoms with Crippen molar-refractivity contribution in [2.75, 3.05) is 13.2 Å². The van der Waals surface area contributed by atoms with E-state index in [-0.39, 0.29) is 11.2 Å². The number of nitrogens with zero attached hydrogens (tertiary/aromatic N) is 2. The van der Waals surface area contributed by atoms with Gasteiger partial charge in [-0.15, -0.1) is 0 Å². The van der Waals surface area contributed by atoms with Gasteiger partial charge in [0.15, 0.2) is 5.79 Å². The van der Waals surface area contributed by atoms with E-state index in [4.69, 9.17) is 14.5 Å². The van der Waals surface area contributed by atoms with Gasteiger partial charge in [-0.05, 0) is 44.6 Å². The van der Waals surface area contributed by atoms with Crippen molar-refractivity contribution in [1.82, 2.24) is 9.97 Å². The molecule has 1 saturated heterocycles. The fourth-order valence-corrected chi connectivity index (χ4v) is 4.67. The van der Waals surface area contributed by atoms with Crippen molar-refractivity contribution < 1.29 is 9.47 Å². The summed E-state index contributed by atoms with van der Waals surface area (Å²) in [6.07, 6.45) is 5.40. The minimum Gasteiger partial charge on any atom is -0.348 e. The second-order valence-corrected chi connectivity index (χ2v) is 7.15. The summed E-state index contributed by atoms with van der Waals surface area (Å²) in [5.74, 6) is 1.21. The van der Waals surface area contributed by atoms with Crippen molar-refractivity contribution in [3.63, 3.8) is 0 Å². The third-order valence-corrected chi connectivity index (χ3v) is 5.91. The van der Waals surface area contributed by atoms with E-state index in [1.165, 1.54) is 23.4 Å². The van der Waals surface area contributed by atoms with Crippen LogP contribution < -0.4 is 0 Å². The molecule has 3 aliphatic rings. The Kier molecular flexibility index (Phi) is 2.92. The van der Waals surface area contributed by atoms with Gasteiger partial charge in [0.25, 0.3) is 0 Å². The van der Waals surface area contributed by atoms with Gasteiger partial charge in [-0.2, -0.15) is 0 Å². The predicted octanol–water partition coefficient (Wildman–Crippen LogP) is 2.84. The van der Waals surface area contributed by atoms with Gasteiger partial charge < -0.3 is 9.47 Å². The number of aryl methyl sites for hydroxylation is 2. The van der Waals surface area contributed by atoms with Crippen molar-refractivity contribution in [2.45, 2.75) is 64.1 Å². The lowest BCUT2D eigenvalue weighted by Crippen LogP contribution is -2.49. The van der Waals surface area contributed by atoms with Gasteiger partial charge in [0.2, 0.25) is 0 Å². The van der Waals surface area contributed by atoms with E-state index in [9.17, 15) is 0 Å². The second kappa shape index (κ2) is 4.50. The lowest BCUT2D eigenvalue weighted by Gasteiger charge is -2.50. The summed E-state index contributed by atoms with van der Waals surface area (Å²) in [6.45, 7) is 8.03. The van der Waals surface area contributed by atoms with E-state index in [1.54, 1.807) is 0 Å². The average Bonchev–Trinajstić information content (AvgIpc) is 2.89. The van der Waals surface area contributed by atoms with Gasteiger partial charge >= 0.3 is 0 Å². The SMILES string of the molecule is Cc1nc(C)c2c(n1)C1(C)CCC3(CC1CC2)OCCO3. The molecule has 1 aliphatic heterocycles. The van der Waals surface area contributed by atoms with Crippen molar-refractivity contribution in [3.05, 3.63) is 22.8 Å². The highest BCUT2D eigenvalue weighted by atomic mass is 16.7. The molecule has 0 aromatic carbocycles. The van der Waals surface area contributed by atoms with Crippen LogP contribution in [0.15, 0.2) is 0 Å². The van der Waals surface area contributed by atoms with Crippen LogP contribution in [0.5, 0.6) is 0 Å². The molecule has 2 unspecified atom stereocenters. The first-order valence-corrected chi connectivity index (χ1v) is 8.15. The number of ether oxygens (including phenoxy) is 2. The summed E-state index contributed by atoms with van der Waals surface area (Å²) in [5, 5.41) is 0. The molecule has 4 nitrogen and oxygen atoms in total. The van der Waals surface area contributed by atoms with Crippen LogP contribution in [-0.2, 0) is 21.3 Å².